The van der Waals surface area contributed by atoms with Crippen molar-refractivity contribution in [1.82, 2.24) is 10.2 Å². The van der Waals surface area contributed by atoms with Crippen LogP contribution in [0, 0.1) is 5.41 Å². The highest BCUT2D eigenvalue weighted by Gasteiger charge is 2.38. The van der Waals surface area contributed by atoms with Crippen LogP contribution in [-0.4, -0.2) is 29.0 Å². The predicted molar refractivity (Wildman–Crippen MR) is 88.2 cm³/mol. The Kier molecular flexibility index (Phi) is 4.71. The minimum atomic E-state index is -0.389. The lowest BCUT2D eigenvalue weighted by Crippen LogP contribution is -2.41. The molecule has 0 aromatic heterocycles. The lowest BCUT2D eigenvalue weighted by atomic mass is 9.81. The second-order valence-corrected chi connectivity index (χ2v) is 7.38. The van der Waals surface area contributed by atoms with E-state index >= 15 is 0 Å². The van der Waals surface area contributed by atoms with E-state index in [1.54, 1.807) is 24.3 Å². The summed E-state index contributed by atoms with van der Waals surface area (Å²) in [5.74, 6) is -0.778. The normalized spacial score (nSPS) is 15.4. The second-order valence-electron chi connectivity index (χ2n) is 7.09. The first kappa shape index (κ1) is 17.1. The Morgan fingerprint density at radius 1 is 1.09 bits per heavy atom. The summed E-state index contributed by atoms with van der Waals surface area (Å²) in [5.41, 5.74) is 0.525. The smallest absolute Gasteiger partial charge is 0.285 e. The molecule has 0 bridgehead atoms. The molecule has 1 aliphatic rings. The van der Waals surface area contributed by atoms with Crippen LogP contribution >= 0.6 is 9.39 Å². The van der Waals surface area contributed by atoms with Gasteiger partial charge in [-0.15, -0.1) is 5.06 Å². The fraction of sp³-hybridized carbons (Fsp3) is 0.500. The van der Waals surface area contributed by atoms with Crippen molar-refractivity contribution in [3.63, 3.8) is 0 Å². The van der Waals surface area contributed by atoms with Crippen LogP contribution in [0.15, 0.2) is 24.3 Å². The first-order chi connectivity index (χ1) is 10.2. The van der Waals surface area contributed by atoms with Gasteiger partial charge in [-0.3, -0.25) is 19.5 Å². The average molecular weight is 322 g/mol. The summed E-state index contributed by atoms with van der Waals surface area (Å²) in [6, 6.07) is 6.77. The maximum atomic E-state index is 12.2. The van der Waals surface area contributed by atoms with E-state index in [1.165, 1.54) is 0 Å². The molecule has 0 saturated heterocycles. The van der Waals surface area contributed by atoms with Crippen LogP contribution in [0.4, 0.5) is 0 Å². The van der Waals surface area contributed by atoms with Gasteiger partial charge in [-0.1, -0.05) is 35.4 Å². The van der Waals surface area contributed by atoms with Gasteiger partial charge in [0.1, 0.15) is 0 Å². The van der Waals surface area contributed by atoms with E-state index in [0.29, 0.717) is 11.1 Å². The minimum absolute atomic E-state index is 0.0838. The molecule has 0 radical (unpaired) electrons. The van der Waals surface area contributed by atoms with E-state index in [-0.39, 0.29) is 29.4 Å². The molecule has 1 atom stereocenters. The molecule has 0 fully saturated rings. The first-order valence-electron chi connectivity index (χ1n) is 7.25. The molecule has 1 N–H and O–H groups in total. The number of hydroxylamine groups is 2. The quantitative estimate of drug-likeness (QED) is 0.646. The molecule has 22 heavy (non-hydrogen) atoms. The van der Waals surface area contributed by atoms with Crippen LogP contribution in [0.1, 0.15) is 54.8 Å². The summed E-state index contributed by atoms with van der Waals surface area (Å²) < 4.78 is 0. The molecule has 1 aliphatic heterocycles. The Morgan fingerprint density at radius 3 is 2.05 bits per heavy atom. The number of rotatable bonds is 6. The van der Waals surface area contributed by atoms with Gasteiger partial charge in [0.15, 0.2) is 0 Å². The summed E-state index contributed by atoms with van der Waals surface area (Å²) in [5, 5.41) is 4.05. The number of hydrogen-bond acceptors (Lipinski definition) is 4. The topological polar surface area (TPSA) is 58.6 Å². The maximum absolute atomic E-state index is 12.2. The maximum Gasteiger partial charge on any atom is 0.285 e. The number of amides is 2. The lowest BCUT2D eigenvalue weighted by molar-refractivity contribution is -0.118. The largest absolute Gasteiger partial charge is 0.295 e. The molecule has 1 aromatic carbocycles. The van der Waals surface area contributed by atoms with Crippen LogP contribution in [0.2, 0.25) is 0 Å². The number of carbonyl (C=O) groups is 2. The van der Waals surface area contributed by atoms with Gasteiger partial charge in [0, 0.05) is 5.54 Å². The van der Waals surface area contributed by atoms with Crippen molar-refractivity contribution in [2.75, 3.05) is 6.61 Å². The van der Waals surface area contributed by atoms with E-state index in [0.717, 1.165) is 11.5 Å². The number of hydrogen-bond donors (Lipinski definition) is 1. The van der Waals surface area contributed by atoms with Crippen LogP contribution < -0.4 is 5.09 Å². The highest BCUT2D eigenvalue weighted by atomic mass is 31.0. The summed E-state index contributed by atoms with van der Waals surface area (Å²) >= 11 is 0. The zero-order chi connectivity index (χ0) is 16.5. The molecule has 5 nitrogen and oxygen atoms in total. The Hall–Kier alpha value is -1.29. The van der Waals surface area contributed by atoms with Gasteiger partial charge < -0.3 is 0 Å². The van der Waals surface area contributed by atoms with E-state index in [2.05, 4.69) is 42.2 Å². The van der Waals surface area contributed by atoms with Crippen molar-refractivity contribution in [2.45, 2.75) is 39.7 Å². The Morgan fingerprint density at radius 2 is 1.59 bits per heavy atom. The van der Waals surface area contributed by atoms with E-state index in [4.69, 9.17) is 4.84 Å². The third-order valence-corrected chi connectivity index (χ3v) is 4.43. The number of nitrogens with zero attached hydrogens (tertiary/aromatic N) is 1. The molecule has 0 spiro atoms. The third kappa shape index (κ3) is 3.54. The number of fused-ring (bicyclic) bond motifs is 1. The van der Waals surface area contributed by atoms with E-state index in [9.17, 15) is 9.59 Å². The Labute approximate surface area is 133 Å². The van der Waals surface area contributed by atoms with Crippen LogP contribution in [0.25, 0.3) is 0 Å². The van der Waals surface area contributed by atoms with Gasteiger partial charge in [0.2, 0.25) is 0 Å². The molecule has 1 heterocycles. The Bertz CT molecular complexity index is 564. The van der Waals surface area contributed by atoms with Gasteiger partial charge in [0.25, 0.3) is 11.8 Å². The van der Waals surface area contributed by atoms with Gasteiger partial charge in [-0.2, -0.15) is 0 Å². The number of benzene rings is 1. The summed E-state index contributed by atoms with van der Waals surface area (Å²) in [7, 11) is 2.52. The van der Waals surface area contributed by atoms with Gasteiger partial charge in [0.05, 0.1) is 17.7 Å². The predicted octanol–water partition coefficient (Wildman–Crippen LogP) is 2.79. The fourth-order valence-electron chi connectivity index (χ4n) is 2.82. The third-order valence-electron chi connectivity index (χ3n) is 3.65. The zero-order valence-electron chi connectivity index (χ0n) is 13.5. The van der Waals surface area contributed by atoms with Crippen LogP contribution in [-0.2, 0) is 4.84 Å². The van der Waals surface area contributed by atoms with Crippen LogP contribution in [0.5, 0.6) is 0 Å². The molecule has 6 heteroatoms. The fourth-order valence-corrected chi connectivity index (χ4v) is 2.92. The van der Waals surface area contributed by atoms with Crippen molar-refractivity contribution in [1.29, 1.82) is 0 Å². The summed E-state index contributed by atoms with van der Waals surface area (Å²) in [4.78, 5) is 30.0. The first-order valence-corrected chi connectivity index (χ1v) is 7.83. The molecule has 1 aromatic rings. The van der Waals surface area contributed by atoms with E-state index < -0.39 is 0 Å². The SMILES string of the molecule is CC(C)(CON1C(=O)c2ccccc2C1=O)CC(C)(C)NP. The Balaban J connectivity index is 2.04. The standard InChI is InChI=1S/C16H23N2O3P/c1-15(2,9-16(3,4)17-22)10-21-18-13(19)11-7-5-6-8-12(11)14(18)20/h5-8,17H,9-10,22H2,1-4H3. The highest BCUT2D eigenvalue weighted by molar-refractivity contribution is 7.13. The van der Waals surface area contributed by atoms with Crippen molar-refractivity contribution in [3.05, 3.63) is 35.4 Å². The molecular formula is C16H23N2O3P. The molecule has 120 valence electrons. The second kappa shape index (κ2) is 6.07. The molecule has 2 rings (SSSR count). The average Bonchev–Trinajstić information content (AvgIpc) is 2.68. The van der Waals surface area contributed by atoms with Crippen molar-refractivity contribution in [2.24, 2.45) is 5.41 Å². The molecule has 1 unspecified atom stereocenters. The molecule has 0 aliphatic carbocycles. The molecular weight excluding hydrogens is 299 g/mol. The monoisotopic (exact) mass is 322 g/mol. The van der Waals surface area contributed by atoms with Crippen molar-refractivity contribution < 1.29 is 14.4 Å². The van der Waals surface area contributed by atoms with Crippen molar-refractivity contribution >= 4 is 21.2 Å². The highest BCUT2D eigenvalue weighted by Crippen LogP contribution is 2.30. The molecule has 2 amide bonds. The number of nitrogens with one attached hydrogen (secondary N) is 1. The summed E-state index contributed by atoms with van der Waals surface area (Å²) in [6.45, 7) is 8.56. The summed E-state index contributed by atoms with van der Waals surface area (Å²) in [6.07, 6.45) is 0.826. The lowest BCUT2D eigenvalue weighted by Gasteiger charge is -2.34. The van der Waals surface area contributed by atoms with Gasteiger partial charge in [-0.25, -0.2) is 0 Å². The minimum Gasteiger partial charge on any atom is -0.295 e. The zero-order valence-corrected chi connectivity index (χ0v) is 14.6. The number of carbonyl (C=O) groups excluding carboxylic acids is 2. The van der Waals surface area contributed by atoms with Crippen LogP contribution in [0.3, 0.4) is 0 Å². The van der Waals surface area contributed by atoms with Crippen molar-refractivity contribution in [3.8, 4) is 0 Å². The molecule has 0 saturated carbocycles. The number of imide groups is 1. The van der Waals surface area contributed by atoms with Gasteiger partial charge >= 0.3 is 0 Å². The van der Waals surface area contributed by atoms with Gasteiger partial charge in [-0.05, 0) is 37.8 Å². The van der Waals surface area contributed by atoms with E-state index in [1.807, 2.05) is 0 Å².